The van der Waals surface area contributed by atoms with Gasteiger partial charge in [-0.2, -0.15) is 4.98 Å². The lowest BCUT2D eigenvalue weighted by Gasteiger charge is -2.11. The van der Waals surface area contributed by atoms with Gasteiger partial charge in [-0.25, -0.2) is 4.98 Å². The molecule has 0 amide bonds. The van der Waals surface area contributed by atoms with E-state index < -0.39 is 0 Å². The van der Waals surface area contributed by atoms with Crippen molar-refractivity contribution in [2.45, 2.75) is 27.2 Å². The highest BCUT2D eigenvalue weighted by Crippen LogP contribution is 2.19. The molecule has 0 saturated heterocycles. The van der Waals surface area contributed by atoms with Crippen LogP contribution < -0.4 is 10.6 Å². The summed E-state index contributed by atoms with van der Waals surface area (Å²) >= 11 is 0. The van der Waals surface area contributed by atoms with E-state index in [4.69, 9.17) is 0 Å². The number of nitrogens with zero attached hydrogens (tertiary/aromatic N) is 2. The highest BCUT2D eigenvalue weighted by Gasteiger charge is 2.03. The minimum absolute atomic E-state index is 0.585. The minimum Gasteiger partial charge on any atom is -0.370 e. The van der Waals surface area contributed by atoms with E-state index in [1.54, 1.807) is 6.20 Å². The van der Waals surface area contributed by atoms with Crippen molar-refractivity contribution < 1.29 is 0 Å². The van der Waals surface area contributed by atoms with Gasteiger partial charge >= 0.3 is 0 Å². The zero-order valence-corrected chi connectivity index (χ0v) is 12.4. The van der Waals surface area contributed by atoms with Gasteiger partial charge in [0.1, 0.15) is 5.82 Å². The van der Waals surface area contributed by atoms with Gasteiger partial charge in [0.2, 0.25) is 5.95 Å². The lowest BCUT2D eigenvalue weighted by Crippen LogP contribution is -2.10. The average Bonchev–Trinajstić information content (AvgIpc) is 2.46. The van der Waals surface area contributed by atoms with E-state index in [1.807, 2.05) is 18.2 Å². The molecule has 4 nitrogen and oxygen atoms in total. The second-order valence-corrected chi connectivity index (χ2v) is 5.18. The van der Waals surface area contributed by atoms with Crippen LogP contribution in [-0.2, 0) is 6.42 Å². The van der Waals surface area contributed by atoms with Gasteiger partial charge in [0.05, 0.1) is 0 Å². The Morgan fingerprint density at radius 1 is 1.15 bits per heavy atom. The fourth-order valence-electron chi connectivity index (χ4n) is 1.90. The molecule has 0 aliphatic carbocycles. The minimum atomic E-state index is 0.585. The predicted octanol–water partition coefficient (Wildman–Crippen LogP) is 3.85. The van der Waals surface area contributed by atoms with E-state index in [0.717, 1.165) is 24.5 Å². The summed E-state index contributed by atoms with van der Waals surface area (Å²) in [5.41, 5.74) is 2.33. The molecule has 0 aliphatic heterocycles. The van der Waals surface area contributed by atoms with Crippen molar-refractivity contribution in [3.63, 3.8) is 0 Å². The molecule has 1 aromatic carbocycles. The van der Waals surface area contributed by atoms with Crippen LogP contribution in [0.4, 0.5) is 17.5 Å². The van der Waals surface area contributed by atoms with Crippen molar-refractivity contribution in [1.29, 1.82) is 0 Å². The highest BCUT2D eigenvalue weighted by atomic mass is 15.1. The number of hydrogen-bond acceptors (Lipinski definition) is 4. The van der Waals surface area contributed by atoms with Crippen LogP contribution in [0, 0.1) is 5.92 Å². The van der Waals surface area contributed by atoms with Crippen LogP contribution in [0.3, 0.4) is 0 Å². The third-order valence-corrected chi connectivity index (χ3v) is 2.99. The second-order valence-electron chi connectivity index (χ2n) is 5.18. The van der Waals surface area contributed by atoms with Crippen LogP contribution in [0.1, 0.15) is 26.3 Å². The quantitative estimate of drug-likeness (QED) is 0.837. The monoisotopic (exact) mass is 270 g/mol. The van der Waals surface area contributed by atoms with E-state index in [-0.39, 0.29) is 0 Å². The Labute approximate surface area is 120 Å². The zero-order chi connectivity index (χ0) is 14.4. The summed E-state index contributed by atoms with van der Waals surface area (Å²) < 4.78 is 0. The van der Waals surface area contributed by atoms with E-state index >= 15 is 0 Å². The first-order valence-electron chi connectivity index (χ1n) is 7.11. The molecule has 106 valence electrons. The number of aryl methyl sites for hydroxylation is 1. The molecule has 0 unspecified atom stereocenters. The van der Waals surface area contributed by atoms with Gasteiger partial charge in [-0.1, -0.05) is 39.0 Å². The van der Waals surface area contributed by atoms with Gasteiger partial charge in [-0.3, -0.25) is 0 Å². The van der Waals surface area contributed by atoms with Crippen LogP contribution in [0.25, 0.3) is 0 Å². The molecule has 2 rings (SSSR count). The maximum absolute atomic E-state index is 4.48. The van der Waals surface area contributed by atoms with Crippen molar-refractivity contribution >= 4 is 17.5 Å². The molecule has 0 spiro atoms. The first-order chi connectivity index (χ1) is 9.69. The molecule has 0 aliphatic rings. The third-order valence-electron chi connectivity index (χ3n) is 2.99. The molecular formula is C16H22N4. The van der Waals surface area contributed by atoms with Gasteiger partial charge in [0.15, 0.2) is 0 Å². The van der Waals surface area contributed by atoms with Crippen LogP contribution in [0.2, 0.25) is 0 Å². The van der Waals surface area contributed by atoms with Crippen molar-refractivity contribution in [1.82, 2.24) is 9.97 Å². The predicted molar refractivity (Wildman–Crippen MR) is 84.5 cm³/mol. The van der Waals surface area contributed by atoms with Crippen molar-refractivity contribution in [2.75, 3.05) is 17.2 Å². The molecule has 0 fully saturated rings. The molecule has 0 radical (unpaired) electrons. The van der Waals surface area contributed by atoms with Crippen LogP contribution in [0.5, 0.6) is 0 Å². The summed E-state index contributed by atoms with van der Waals surface area (Å²) in [6.45, 7) is 7.39. The summed E-state index contributed by atoms with van der Waals surface area (Å²) in [7, 11) is 0. The van der Waals surface area contributed by atoms with Crippen molar-refractivity contribution in [3.05, 3.63) is 42.1 Å². The Kier molecular flexibility index (Phi) is 4.93. The fourth-order valence-corrected chi connectivity index (χ4v) is 1.90. The number of rotatable bonds is 6. The maximum atomic E-state index is 4.48. The van der Waals surface area contributed by atoms with E-state index in [0.29, 0.717) is 11.9 Å². The normalized spacial score (nSPS) is 10.6. The third kappa shape index (κ3) is 3.95. The molecule has 1 aromatic heterocycles. The van der Waals surface area contributed by atoms with E-state index in [9.17, 15) is 0 Å². The fraction of sp³-hybridized carbons (Fsp3) is 0.375. The zero-order valence-electron chi connectivity index (χ0n) is 12.4. The number of benzene rings is 1. The largest absolute Gasteiger partial charge is 0.370 e. The molecule has 0 saturated carbocycles. The van der Waals surface area contributed by atoms with Gasteiger partial charge in [0.25, 0.3) is 0 Å². The number of hydrogen-bond donors (Lipinski definition) is 2. The van der Waals surface area contributed by atoms with Crippen molar-refractivity contribution in [3.8, 4) is 0 Å². The summed E-state index contributed by atoms with van der Waals surface area (Å²) in [6, 6.07) is 10.1. The Balaban J connectivity index is 2.11. The van der Waals surface area contributed by atoms with Crippen LogP contribution in [-0.4, -0.2) is 16.5 Å². The highest BCUT2D eigenvalue weighted by molar-refractivity contribution is 5.59. The summed E-state index contributed by atoms with van der Waals surface area (Å²) in [5, 5.41) is 6.60. The number of aromatic nitrogens is 2. The summed E-state index contributed by atoms with van der Waals surface area (Å²) in [6.07, 6.45) is 2.75. The van der Waals surface area contributed by atoms with Crippen molar-refractivity contribution in [2.24, 2.45) is 5.92 Å². The van der Waals surface area contributed by atoms with Gasteiger partial charge in [0, 0.05) is 18.4 Å². The summed E-state index contributed by atoms with van der Waals surface area (Å²) in [5.74, 6) is 2.06. The number of para-hydroxylation sites is 1. The summed E-state index contributed by atoms with van der Waals surface area (Å²) in [4.78, 5) is 8.76. The molecule has 4 heteroatoms. The topological polar surface area (TPSA) is 49.8 Å². The molecule has 2 N–H and O–H groups in total. The van der Waals surface area contributed by atoms with Gasteiger partial charge in [-0.05, 0) is 30.0 Å². The lowest BCUT2D eigenvalue weighted by molar-refractivity contribution is 0.687. The molecule has 1 heterocycles. The van der Waals surface area contributed by atoms with Gasteiger partial charge < -0.3 is 10.6 Å². The Morgan fingerprint density at radius 2 is 1.95 bits per heavy atom. The van der Waals surface area contributed by atoms with Crippen LogP contribution >= 0.6 is 0 Å². The SMILES string of the molecule is CCc1ccccc1Nc1nccc(NCC(C)C)n1. The van der Waals surface area contributed by atoms with E-state index in [1.165, 1.54) is 5.56 Å². The first kappa shape index (κ1) is 14.3. The standard InChI is InChI=1S/C16H22N4/c1-4-13-7-5-6-8-14(13)19-16-17-10-9-15(20-16)18-11-12(2)3/h5-10,12H,4,11H2,1-3H3,(H2,17,18,19,20). The maximum Gasteiger partial charge on any atom is 0.229 e. The van der Waals surface area contributed by atoms with Crippen LogP contribution in [0.15, 0.2) is 36.5 Å². The molecule has 2 aromatic rings. The average molecular weight is 270 g/mol. The molecule has 0 bridgehead atoms. The lowest BCUT2D eigenvalue weighted by atomic mass is 10.1. The second kappa shape index (κ2) is 6.89. The van der Waals surface area contributed by atoms with E-state index in [2.05, 4.69) is 53.5 Å². The smallest absolute Gasteiger partial charge is 0.229 e. The Bertz CT molecular complexity index is 552. The Morgan fingerprint density at radius 3 is 2.70 bits per heavy atom. The molecule has 0 atom stereocenters. The Hall–Kier alpha value is -2.10. The van der Waals surface area contributed by atoms with Gasteiger partial charge in [-0.15, -0.1) is 0 Å². The first-order valence-corrected chi connectivity index (χ1v) is 7.11. The molecule has 20 heavy (non-hydrogen) atoms. The number of nitrogens with one attached hydrogen (secondary N) is 2. The molecular weight excluding hydrogens is 248 g/mol. The number of anilines is 3.